The van der Waals surface area contributed by atoms with Gasteiger partial charge in [0.15, 0.2) is 11.5 Å². The van der Waals surface area contributed by atoms with Gasteiger partial charge in [-0.25, -0.2) is 0 Å². The van der Waals surface area contributed by atoms with Crippen LogP contribution >= 0.6 is 0 Å². The molecule has 33 heavy (non-hydrogen) atoms. The molecule has 8 nitrogen and oxygen atoms in total. The number of ether oxygens (including phenoxy) is 1. The monoisotopic (exact) mass is 462 g/mol. The second-order valence-electron chi connectivity index (χ2n) is 9.82. The Morgan fingerprint density at radius 3 is 2.42 bits per heavy atom. The number of hydrogen-bond acceptors (Lipinski definition) is 6. The Morgan fingerprint density at radius 2 is 1.79 bits per heavy atom. The van der Waals surface area contributed by atoms with Crippen LogP contribution in [0.5, 0.6) is 11.5 Å². The van der Waals surface area contributed by atoms with Gasteiger partial charge in [0.2, 0.25) is 11.8 Å². The van der Waals surface area contributed by atoms with Gasteiger partial charge in [-0.2, -0.15) is 0 Å². The van der Waals surface area contributed by atoms with Crippen LogP contribution in [0.3, 0.4) is 0 Å². The quantitative estimate of drug-likeness (QED) is 0.312. The molecule has 0 bridgehead atoms. The van der Waals surface area contributed by atoms with Gasteiger partial charge in [0.25, 0.3) is 0 Å². The molecule has 1 aliphatic carbocycles. The zero-order valence-electron chi connectivity index (χ0n) is 20.0. The lowest BCUT2D eigenvalue weighted by Gasteiger charge is -2.24. The zero-order chi connectivity index (χ0) is 24.4. The molecular formula is C25H38N2O6. The maximum absolute atomic E-state index is 12.8. The average molecular weight is 463 g/mol. The highest BCUT2D eigenvalue weighted by Gasteiger charge is 2.27. The summed E-state index contributed by atoms with van der Waals surface area (Å²) in [5, 5.41) is 24.5. The molecule has 2 amide bonds. The Bertz CT molecular complexity index is 812. The van der Waals surface area contributed by atoms with E-state index in [4.69, 9.17) is 4.74 Å². The van der Waals surface area contributed by atoms with E-state index in [1.807, 2.05) is 0 Å². The van der Waals surface area contributed by atoms with Crippen LogP contribution in [0, 0.1) is 5.92 Å². The molecule has 184 valence electrons. The summed E-state index contributed by atoms with van der Waals surface area (Å²) in [6.07, 6.45) is 7.22. The summed E-state index contributed by atoms with van der Waals surface area (Å²) in [6, 6.07) is 3.43. The minimum absolute atomic E-state index is 0.212. The molecule has 0 unspecified atom stereocenters. The Hall–Kier alpha value is -2.77. The number of carbonyl (C=O) groups is 3. The Labute approximate surface area is 196 Å². The Morgan fingerprint density at radius 1 is 1.09 bits per heavy atom. The van der Waals surface area contributed by atoms with Crippen molar-refractivity contribution in [3.8, 4) is 11.5 Å². The Kier molecular flexibility index (Phi) is 10.0. The first-order valence-electron chi connectivity index (χ1n) is 11.8. The van der Waals surface area contributed by atoms with Gasteiger partial charge < -0.3 is 25.6 Å². The third-order valence-electron chi connectivity index (χ3n) is 5.70. The van der Waals surface area contributed by atoms with Gasteiger partial charge >= 0.3 is 5.97 Å². The molecule has 1 saturated carbocycles. The van der Waals surface area contributed by atoms with Gasteiger partial charge in [0, 0.05) is 13.0 Å². The minimum Gasteiger partial charge on any atom is -0.504 e. The summed E-state index contributed by atoms with van der Waals surface area (Å²) < 4.78 is 5.33. The minimum atomic E-state index is -1.02. The van der Waals surface area contributed by atoms with Crippen molar-refractivity contribution in [2.75, 3.05) is 6.54 Å². The molecule has 1 aromatic rings. The second-order valence-corrected chi connectivity index (χ2v) is 9.82. The van der Waals surface area contributed by atoms with Crippen molar-refractivity contribution in [3.63, 3.8) is 0 Å². The van der Waals surface area contributed by atoms with E-state index in [9.17, 15) is 24.6 Å². The molecular weight excluding hydrogens is 424 g/mol. The topological polar surface area (TPSA) is 125 Å². The molecule has 1 aromatic carbocycles. The smallest absolute Gasteiger partial charge is 0.308 e. The van der Waals surface area contributed by atoms with E-state index >= 15 is 0 Å². The lowest BCUT2D eigenvalue weighted by Crippen LogP contribution is -2.48. The Balaban J connectivity index is 1.91. The second kappa shape index (κ2) is 12.5. The van der Waals surface area contributed by atoms with Crippen LogP contribution in [0.2, 0.25) is 0 Å². The number of benzene rings is 1. The predicted molar refractivity (Wildman–Crippen MR) is 125 cm³/mol. The van der Waals surface area contributed by atoms with Gasteiger partial charge in [-0.15, -0.1) is 0 Å². The number of hydrogen-bond donors (Lipinski definition) is 4. The molecule has 0 heterocycles. The van der Waals surface area contributed by atoms with Gasteiger partial charge in [0.05, 0.1) is 6.42 Å². The highest BCUT2D eigenvalue weighted by molar-refractivity contribution is 5.91. The molecule has 1 aliphatic rings. The fraction of sp³-hybridized carbons (Fsp3) is 0.640. The fourth-order valence-electron chi connectivity index (χ4n) is 4.01. The molecule has 8 heteroatoms. The summed E-state index contributed by atoms with van der Waals surface area (Å²) in [5.41, 5.74) is 0.0371. The SMILES string of the molecule is CC(C)(C)OC(=O)C[C@@H](NC(=O)CCC1CCCCC1)C(=O)NCCc1ccc(O)c(O)c1. The van der Waals surface area contributed by atoms with E-state index in [1.165, 1.54) is 31.4 Å². The van der Waals surface area contributed by atoms with Crippen LogP contribution in [0.1, 0.15) is 77.7 Å². The first kappa shape index (κ1) is 26.5. The van der Waals surface area contributed by atoms with Crippen molar-refractivity contribution >= 4 is 17.8 Å². The van der Waals surface area contributed by atoms with Crippen LogP contribution in [-0.2, 0) is 25.5 Å². The van der Waals surface area contributed by atoms with Crippen molar-refractivity contribution in [3.05, 3.63) is 23.8 Å². The normalized spacial score (nSPS) is 15.5. The first-order chi connectivity index (χ1) is 15.5. The first-order valence-corrected chi connectivity index (χ1v) is 11.8. The van der Waals surface area contributed by atoms with Crippen molar-refractivity contribution in [1.29, 1.82) is 0 Å². The third-order valence-corrected chi connectivity index (χ3v) is 5.70. The number of nitrogens with one attached hydrogen (secondary N) is 2. The predicted octanol–water partition coefficient (Wildman–Crippen LogP) is 3.33. The molecule has 0 aliphatic heterocycles. The largest absolute Gasteiger partial charge is 0.504 e. The van der Waals surface area contributed by atoms with Crippen LogP contribution in [0.25, 0.3) is 0 Å². The molecule has 1 atom stereocenters. The molecule has 4 N–H and O–H groups in total. The van der Waals surface area contributed by atoms with E-state index < -0.39 is 23.5 Å². The van der Waals surface area contributed by atoms with E-state index in [2.05, 4.69) is 10.6 Å². The van der Waals surface area contributed by atoms with Gasteiger partial charge in [-0.1, -0.05) is 38.2 Å². The number of phenolic OH excluding ortho intramolecular Hbond substituents is 2. The van der Waals surface area contributed by atoms with Gasteiger partial charge in [0.1, 0.15) is 11.6 Å². The molecule has 0 aromatic heterocycles. The van der Waals surface area contributed by atoms with Crippen molar-refractivity contribution in [1.82, 2.24) is 10.6 Å². The standard InChI is InChI=1S/C25H38N2O6/c1-25(2,3)33-23(31)16-19(27-22(30)12-10-17-7-5-4-6-8-17)24(32)26-14-13-18-9-11-20(28)21(29)15-18/h9,11,15,17,19,28-29H,4-8,10,12-14,16H2,1-3H3,(H,26,32)(H,27,30)/t19-/m1/s1. The number of rotatable bonds is 10. The molecule has 1 fully saturated rings. The summed E-state index contributed by atoms with van der Waals surface area (Å²) in [4.78, 5) is 37.6. The number of aromatic hydroxyl groups is 2. The van der Waals surface area contributed by atoms with Crippen LogP contribution < -0.4 is 10.6 Å². The highest BCUT2D eigenvalue weighted by atomic mass is 16.6. The van der Waals surface area contributed by atoms with Gasteiger partial charge in [-0.3, -0.25) is 14.4 Å². The molecule has 0 radical (unpaired) electrons. The fourth-order valence-corrected chi connectivity index (χ4v) is 4.01. The van der Waals surface area contributed by atoms with Crippen molar-refractivity contribution in [2.45, 2.75) is 90.2 Å². The molecule has 0 spiro atoms. The number of phenols is 2. The van der Waals surface area contributed by atoms with E-state index in [0.29, 0.717) is 18.8 Å². The number of carbonyl (C=O) groups excluding carboxylic acids is 3. The summed E-state index contributed by atoms with van der Waals surface area (Å²) in [5.74, 6) is -1.16. The van der Waals surface area contributed by atoms with Gasteiger partial charge in [-0.05, 0) is 57.2 Å². The van der Waals surface area contributed by atoms with Crippen molar-refractivity contribution in [2.24, 2.45) is 5.92 Å². The maximum Gasteiger partial charge on any atom is 0.308 e. The maximum atomic E-state index is 12.8. The van der Waals surface area contributed by atoms with E-state index in [-0.39, 0.29) is 30.4 Å². The average Bonchev–Trinajstić information content (AvgIpc) is 2.73. The molecule has 0 saturated heterocycles. The van der Waals surface area contributed by atoms with Crippen LogP contribution in [-0.4, -0.2) is 46.2 Å². The van der Waals surface area contributed by atoms with Crippen LogP contribution in [0.4, 0.5) is 0 Å². The van der Waals surface area contributed by atoms with Crippen LogP contribution in [0.15, 0.2) is 18.2 Å². The molecule has 2 rings (SSSR count). The number of esters is 1. The highest BCUT2D eigenvalue weighted by Crippen LogP contribution is 2.27. The summed E-state index contributed by atoms with van der Waals surface area (Å²) in [6.45, 7) is 5.48. The summed E-state index contributed by atoms with van der Waals surface area (Å²) >= 11 is 0. The lowest BCUT2D eigenvalue weighted by molar-refractivity contribution is -0.156. The number of amides is 2. The summed E-state index contributed by atoms with van der Waals surface area (Å²) in [7, 11) is 0. The van der Waals surface area contributed by atoms with E-state index in [0.717, 1.165) is 24.8 Å². The van der Waals surface area contributed by atoms with E-state index in [1.54, 1.807) is 26.8 Å². The third kappa shape index (κ3) is 10.1. The lowest BCUT2D eigenvalue weighted by atomic mass is 9.86. The van der Waals surface area contributed by atoms with Crippen molar-refractivity contribution < 1.29 is 29.3 Å². The zero-order valence-corrected chi connectivity index (χ0v) is 20.0.